The fraction of sp³-hybridized carbons (Fsp3) is 0.444. The Morgan fingerprint density at radius 1 is 1.20 bits per heavy atom. The summed E-state index contributed by atoms with van der Waals surface area (Å²) in [6, 6.07) is 9.99. The van der Waals surface area contributed by atoms with E-state index in [-0.39, 0.29) is 11.5 Å². The number of fused-ring (bicyclic) bond motifs is 5. The summed E-state index contributed by atoms with van der Waals surface area (Å²) in [6.45, 7) is 2.33. The van der Waals surface area contributed by atoms with E-state index in [0.717, 1.165) is 31.1 Å². The largest absolute Gasteiger partial charge is 0.508 e. The second kappa shape index (κ2) is 3.98. The van der Waals surface area contributed by atoms with Crippen LogP contribution in [0.2, 0.25) is 0 Å². The minimum atomic E-state index is -0.147. The van der Waals surface area contributed by atoms with Gasteiger partial charge >= 0.3 is 0 Å². The Labute approximate surface area is 119 Å². The molecule has 0 spiro atoms. The van der Waals surface area contributed by atoms with Crippen LogP contribution in [0.25, 0.3) is 10.8 Å². The van der Waals surface area contributed by atoms with Crippen molar-refractivity contribution in [2.45, 2.75) is 44.6 Å². The van der Waals surface area contributed by atoms with E-state index in [9.17, 15) is 10.2 Å². The van der Waals surface area contributed by atoms with Crippen LogP contribution >= 0.6 is 0 Å². The van der Waals surface area contributed by atoms with Gasteiger partial charge in [-0.25, -0.2) is 0 Å². The molecule has 1 saturated carbocycles. The number of aryl methyl sites for hydroxylation is 1. The van der Waals surface area contributed by atoms with Crippen LogP contribution in [0, 0.1) is 5.41 Å². The highest BCUT2D eigenvalue weighted by atomic mass is 16.3. The fourth-order valence-corrected chi connectivity index (χ4v) is 4.51. The third kappa shape index (κ3) is 1.61. The summed E-state index contributed by atoms with van der Waals surface area (Å²) < 4.78 is 0. The lowest BCUT2D eigenvalue weighted by molar-refractivity contribution is 0.159. The van der Waals surface area contributed by atoms with E-state index < -0.39 is 0 Å². The maximum Gasteiger partial charge on any atom is 0.116 e. The highest BCUT2D eigenvalue weighted by Crippen LogP contribution is 2.56. The van der Waals surface area contributed by atoms with Gasteiger partial charge in [-0.1, -0.05) is 25.1 Å². The zero-order chi connectivity index (χ0) is 13.9. The predicted octanol–water partition coefficient (Wildman–Crippen LogP) is 3.74. The lowest BCUT2D eigenvalue weighted by Gasteiger charge is -2.38. The van der Waals surface area contributed by atoms with E-state index in [0.29, 0.717) is 11.7 Å². The molecular weight excluding hydrogens is 248 g/mol. The van der Waals surface area contributed by atoms with Gasteiger partial charge in [0.15, 0.2) is 0 Å². The Hall–Kier alpha value is -1.54. The first-order valence-corrected chi connectivity index (χ1v) is 7.49. The van der Waals surface area contributed by atoms with E-state index in [1.807, 2.05) is 12.1 Å². The molecule has 2 aliphatic rings. The minimum Gasteiger partial charge on any atom is -0.508 e. The van der Waals surface area contributed by atoms with Gasteiger partial charge < -0.3 is 10.2 Å². The standard InChI is InChI=1S/C18H20O2/c1-18-7-6-15-14-5-3-12(19)8-11(14)2-4-16(15)17(18)9-13(20)10-18/h2-5,8,13,17,19-20H,6-7,9-10H2,1H3/t13-,17+,18-/m0/s1. The first kappa shape index (κ1) is 12.2. The lowest BCUT2D eigenvalue weighted by atomic mass is 9.66. The van der Waals surface area contributed by atoms with Crippen molar-refractivity contribution >= 4 is 10.8 Å². The smallest absolute Gasteiger partial charge is 0.116 e. The van der Waals surface area contributed by atoms with Gasteiger partial charge in [0.2, 0.25) is 0 Å². The maximum absolute atomic E-state index is 10.1. The van der Waals surface area contributed by atoms with Gasteiger partial charge in [0.25, 0.3) is 0 Å². The van der Waals surface area contributed by atoms with E-state index >= 15 is 0 Å². The zero-order valence-electron chi connectivity index (χ0n) is 11.8. The average Bonchev–Trinajstić information content (AvgIpc) is 2.72. The second-order valence-electron chi connectivity index (χ2n) is 6.84. The number of phenols is 1. The monoisotopic (exact) mass is 268 g/mol. The van der Waals surface area contributed by atoms with Crippen LogP contribution < -0.4 is 0 Å². The molecule has 1 fully saturated rings. The third-order valence-corrected chi connectivity index (χ3v) is 5.52. The lowest BCUT2D eigenvalue weighted by Crippen LogP contribution is -2.26. The van der Waals surface area contributed by atoms with Gasteiger partial charge in [-0.15, -0.1) is 0 Å². The van der Waals surface area contributed by atoms with Crippen LogP contribution in [0.3, 0.4) is 0 Å². The predicted molar refractivity (Wildman–Crippen MR) is 80.0 cm³/mol. The van der Waals surface area contributed by atoms with Crippen molar-refractivity contribution in [1.82, 2.24) is 0 Å². The molecule has 0 bridgehead atoms. The average molecular weight is 268 g/mol. The number of hydrogen-bond donors (Lipinski definition) is 2. The summed E-state index contributed by atoms with van der Waals surface area (Å²) in [5.41, 5.74) is 3.12. The Kier molecular flexibility index (Phi) is 2.43. The van der Waals surface area contributed by atoms with Gasteiger partial charge in [-0.05, 0) is 71.0 Å². The Morgan fingerprint density at radius 2 is 2.05 bits per heavy atom. The number of rotatable bonds is 0. The molecule has 3 atom stereocenters. The molecule has 20 heavy (non-hydrogen) atoms. The molecule has 0 aliphatic heterocycles. The number of phenolic OH excluding ortho intramolecular Hbond substituents is 1. The molecule has 4 rings (SSSR count). The summed E-state index contributed by atoms with van der Waals surface area (Å²) in [5.74, 6) is 0.814. The van der Waals surface area contributed by atoms with Crippen LogP contribution in [-0.2, 0) is 6.42 Å². The molecule has 0 amide bonds. The molecule has 2 aliphatic carbocycles. The van der Waals surface area contributed by atoms with Crippen molar-refractivity contribution in [1.29, 1.82) is 0 Å². The molecule has 2 heteroatoms. The van der Waals surface area contributed by atoms with Crippen molar-refractivity contribution in [3.63, 3.8) is 0 Å². The quantitative estimate of drug-likeness (QED) is 0.764. The first-order valence-electron chi connectivity index (χ1n) is 7.49. The number of aromatic hydroxyl groups is 1. The van der Waals surface area contributed by atoms with Crippen LogP contribution in [0.4, 0.5) is 0 Å². The highest BCUT2D eigenvalue weighted by molar-refractivity contribution is 5.88. The van der Waals surface area contributed by atoms with Gasteiger partial charge in [0.05, 0.1) is 6.10 Å². The van der Waals surface area contributed by atoms with E-state index in [1.54, 1.807) is 6.07 Å². The Bertz CT molecular complexity index is 691. The van der Waals surface area contributed by atoms with Gasteiger partial charge in [0.1, 0.15) is 5.75 Å². The van der Waals surface area contributed by atoms with Crippen LogP contribution in [0.15, 0.2) is 30.3 Å². The SMILES string of the molecule is C[C@@]12CCc3c(ccc4cc(O)ccc34)[C@H]1C[C@H](O)C2. The number of benzene rings is 2. The summed E-state index contributed by atoms with van der Waals surface area (Å²) in [5, 5.41) is 22.1. The second-order valence-corrected chi connectivity index (χ2v) is 6.84. The number of aliphatic hydroxyl groups excluding tert-OH is 1. The van der Waals surface area contributed by atoms with Crippen molar-refractivity contribution in [2.75, 3.05) is 0 Å². The highest BCUT2D eigenvalue weighted by Gasteiger charge is 2.46. The summed E-state index contributed by atoms with van der Waals surface area (Å²) in [7, 11) is 0. The number of aliphatic hydroxyl groups is 1. The zero-order valence-corrected chi connectivity index (χ0v) is 11.8. The van der Waals surface area contributed by atoms with E-state index in [4.69, 9.17) is 0 Å². The Morgan fingerprint density at radius 3 is 2.90 bits per heavy atom. The molecule has 2 N–H and O–H groups in total. The minimum absolute atomic E-state index is 0.147. The Balaban J connectivity index is 1.92. The molecule has 0 saturated heterocycles. The molecular formula is C18H20O2. The topological polar surface area (TPSA) is 40.5 Å². The van der Waals surface area contributed by atoms with Crippen LogP contribution in [-0.4, -0.2) is 16.3 Å². The summed E-state index contributed by atoms with van der Waals surface area (Å²) in [6.07, 6.45) is 3.92. The molecule has 104 valence electrons. The molecule has 0 radical (unpaired) electrons. The summed E-state index contributed by atoms with van der Waals surface area (Å²) in [4.78, 5) is 0. The number of hydrogen-bond acceptors (Lipinski definition) is 2. The van der Waals surface area contributed by atoms with Crippen molar-refractivity contribution < 1.29 is 10.2 Å². The maximum atomic E-state index is 10.1. The van der Waals surface area contributed by atoms with Crippen molar-refractivity contribution in [3.05, 3.63) is 41.5 Å². The van der Waals surface area contributed by atoms with E-state index in [2.05, 4.69) is 19.1 Å². The van der Waals surface area contributed by atoms with Crippen LogP contribution in [0.5, 0.6) is 5.75 Å². The van der Waals surface area contributed by atoms with E-state index in [1.165, 1.54) is 16.5 Å². The first-order chi connectivity index (χ1) is 9.57. The normalized spacial score (nSPS) is 32.1. The molecule has 2 nitrogen and oxygen atoms in total. The van der Waals surface area contributed by atoms with Gasteiger partial charge in [-0.3, -0.25) is 0 Å². The molecule has 0 heterocycles. The van der Waals surface area contributed by atoms with Crippen LogP contribution in [0.1, 0.15) is 43.2 Å². The molecule has 0 aromatic heterocycles. The molecule has 0 unspecified atom stereocenters. The molecule has 2 aromatic carbocycles. The van der Waals surface area contributed by atoms with Crippen molar-refractivity contribution in [2.24, 2.45) is 5.41 Å². The van der Waals surface area contributed by atoms with Crippen molar-refractivity contribution in [3.8, 4) is 5.75 Å². The summed E-state index contributed by atoms with van der Waals surface area (Å²) >= 11 is 0. The third-order valence-electron chi connectivity index (χ3n) is 5.52. The fourth-order valence-electron chi connectivity index (χ4n) is 4.51. The van der Waals surface area contributed by atoms with Gasteiger partial charge in [0, 0.05) is 0 Å². The molecule has 2 aromatic rings. The van der Waals surface area contributed by atoms with Gasteiger partial charge in [-0.2, -0.15) is 0 Å².